The largest absolute Gasteiger partial charge is 0.394 e. The van der Waals surface area contributed by atoms with E-state index >= 15 is 0 Å². The molecule has 14 heavy (non-hydrogen) atoms. The standard InChI is InChI=1S/C11H15NO2/c12-11(8-13,9-14)7-6-10-4-2-1-3-5-10/h1-7,13-14H,8-9,12H2/b7-6+. The van der Waals surface area contributed by atoms with Crippen molar-refractivity contribution in [3.05, 3.63) is 42.0 Å². The fourth-order valence-electron chi connectivity index (χ4n) is 0.982. The first kappa shape index (κ1) is 10.9. The summed E-state index contributed by atoms with van der Waals surface area (Å²) >= 11 is 0. The highest BCUT2D eigenvalue weighted by Gasteiger charge is 2.18. The lowest BCUT2D eigenvalue weighted by molar-refractivity contribution is 0.152. The smallest absolute Gasteiger partial charge is 0.0811 e. The Hall–Kier alpha value is -1.16. The van der Waals surface area contributed by atoms with Crippen LogP contribution in [0, 0.1) is 0 Å². The maximum absolute atomic E-state index is 8.93. The highest BCUT2D eigenvalue weighted by Crippen LogP contribution is 2.06. The molecule has 0 heterocycles. The van der Waals surface area contributed by atoms with Crippen LogP contribution >= 0.6 is 0 Å². The van der Waals surface area contributed by atoms with Crippen LogP contribution in [0.5, 0.6) is 0 Å². The molecular formula is C11H15NO2. The molecule has 3 nitrogen and oxygen atoms in total. The average molecular weight is 193 g/mol. The second kappa shape index (κ2) is 4.91. The minimum Gasteiger partial charge on any atom is -0.394 e. The Balaban J connectivity index is 2.72. The van der Waals surface area contributed by atoms with Gasteiger partial charge >= 0.3 is 0 Å². The minimum atomic E-state index is -1.03. The number of aliphatic hydroxyl groups is 2. The van der Waals surface area contributed by atoms with E-state index in [0.29, 0.717) is 0 Å². The van der Waals surface area contributed by atoms with Crippen LogP contribution in [0.2, 0.25) is 0 Å². The molecule has 0 aliphatic rings. The molecule has 3 heteroatoms. The monoisotopic (exact) mass is 193 g/mol. The molecule has 0 bridgehead atoms. The van der Waals surface area contributed by atoms with Crippen LogP contribution in [-0.4, -0.2) is 29.0 Å². The van der Waals surface area contributed by atoms with Crippen molar-refractivity contribution in [1.82, 2.24) is 0 Å². The van der Waals surface area contributed by atoms with Gasteiger partial charge in [0.05, 0.1) is 18.8 Å². The molecule has 1 aromatic carbocycles. The van der Waals surface area contributed by atoms with E-state index in [9.17, 15) is 0 Å². The van der Waals surface area contributed by atoms with Crippen molar-refractivity contribution >= 4 is 6.08 Å². The molecule has 0 amide bonds. The van der Waals surface area contributed by atoms with Crippen molar-refractivity contribution in [3.8, 4) is 0 Å². The summed E-state index contributed by atoms with van der Waals surface area (Å²) in [6.07, 6.45) is 3.40. The fourth-order valence-corrected chi connectivity index (χ4v) is 0.982. The van der Waals surface area contributed by atoms with Crippen molar-refractivity contribution < 1.29 is 10.2 Å². The van der Waals surface area contributed by atoms with Crippen molar-refractivity contribution in [1.29, 1.82) is 0 Å². The van der Waals surface area contributed by atoms with E-state index in [1.807, 2.05) is 30.3 Å². The number of nitrogens with two attached hydrogens (primary N) is 1. The normalized spacial score (nSPS) is 12.2. The van der Waals surface area contributed by atoms with Gasteiger partial charge in [0.15, 0.2) is 0 Å². The predicted molar refractivity (Wildman–Crippen MR) is 56.6 cm³/mol. The maximum Gasteiger partial charge on any atom is 0.0811 e. The van der Waals surface area contributed by atoms with E-state index in [1.165, 1.54) is 0 Å². The van der Waals surface area contributed by atoms with Gasteiger partial charge in [0.2, 0.25) is 0 Å². The number of hydrogen-bond acceptors (Lipinski definition) is 3. The van der Waals surface area contributed by atoms with Gasteiger partial charge in [-0.25, -0.2) is 0 Å². The van der Waals surface area contributed by atoms with Crippen LogP contribution in [0.25, 0.3) is 6.08 Å². The quantitative estimate of drug-likeness (QED) is 0.647. The molecule has 0 aliphatic carbocycles. The second-order valence-corrected chi connectivity index (χ2v) is 3.29. The molecule has 0 aromatic heterocycles. The van der Waals surface area contributed by atoms with Gasteiger partial charge in [-0.2, -0.15) is 0 Å². The van der Waals surface area contributed by atoms with Crippen LogP contribution in [0.1, 0.15) is 5.56 Å². The first-order valence-corrected chi connectivity index (χ1v) is 4.45. The van der Waals surface area contributed by atoms with Gasteiger partial charge in [0.25, 0.3) is 0 Å². The number of aliphatic hydroxyl groups excluding tert-OH is 2. The molecule has 76 valence electrons. The third kappa shape index (κ3) is 2.96. The van der Waals surface area contributed by atoms with Gasteiger partial charge in [-0.15, -0.1) is 0 Å². The Morgan fingerprint density at radius 1 is 1.14 bits per heavy atom. The zero-order valence-corrected chi connectivity index (χ0v) is 7.93. The third-order valence-corrected chi connectivity index (χ3v) is 2.00. The lowest BCUT2D eigenvalue weighted by Gasteiger charge is -2.19. The highest BCUT2D eigenvalue weighted by molar-refractivity contribution is 5.50. The minimum absolute atomic E-state index is 0.271. The summed E-state index contributed by atoms with van der Waals surface area (Å²) < 4.78 is 0. The summed E-state index contributed by atoms with van der Waals surface area (Å²) in [5.41, 5.74) is 5.62. The van der Waals surface area contributed by atoms with Crippen molar-refractivity contribution in [2.75, 3.05) is 13.2 Å². The molecule has 0 aliphatic heterocycles. The molecular weight excluding hydrogens is 178 g/mol. The summed E-state index contributed by atoms with van der Waals surface area (Å²) in [4.78, 5) is 0. The van der Waals surface area contributed by atoms with Gasteiger partial charge in [-0.3, -0.25) is 0 Å². The van der Waals surface area contributed by atoms with Gasteiger partial charge in [-0.1, -0.05) is 42.5 Å². The Labute approximate surface area is 83.5 Å². The maximum atomic E-state index is 8.93. The van der Waals surface area contributed by atoms with Crippen LogP contribution in [0.15, 0.2) is 36.4 Å². The summed E-state index contributed by atoms with van der Waals surface area (Å²) in [6.45, 7) is -0.542. The average Bonchev–Trinajstić information content (AvgIpc) is 2.27. The van der Waals surface area contributed by atoms with E-state index < -0.39 is 5.54 Å². The fraction of sp³-hybridized carbons (Fsp3) is 0.273. The number of rotatable bonds is 4. The van der Waals surface area contributed by atoms with Crippen molar-refractivity contribution in [2.45, 2.75) is 5.54 Å². The Morgan fingerprint density at radius 3 is 2.21 bits per heavy atom. The zero-order chi connectivity index (χ0) is 10.4. The van der Waals surface area contributed by atoms with Gasteiger partial charge in [-0.05, 0) is 5.56 Å². The van der Waals surface area contributed by atoms with Gasteiger partial charge < -0.3 is 15.9 Å². The van der Waals surface area contributed by atoms with Crippen LogP contribution in [0.4, 0.5) is 0 Å². The molecule has 1 rings (SSSR count). The predicted octanol–water partition coefficient (Wildman–Crippen LogP) is 0.382. The summed E-state index contributed by atoms with van der Waals surface area (Å²) in [5.74, 6) is 0. The lowest BCUT2D eigenvalue weighted by Crippen LogP contribution is -2.45. The third-order valence-electron chi connectivity index (χ3n) is 2.00. The highest BCUT2D eigenvalue weighted by atomic mass is 16.3. The van der Waals surface area contributed by atoms with Crippen molar-refractivity contribution in [3.63, 3.8) is 0 Å². The van der Waals surface area contributed by atoms with E-state index in [0.717, 1.165) is 5.56 Å². The Morgan fingerprint density at radius 2 is 1.71 bits per heavy atom. The first-order chi connectivity index (χ1) is 6.70. The van der Waals surface area contributed by atoms with E-state index in [2.05, 4.69) is 0 Å². The lowest BCUT2D eigenvalue weighted by atomic mass is 10.0. The van der Waals surface area contributed by atoms with E-state index in [-0.39, 0.29) is 13.2 Å². The van der Waals surface area contributed by atoms with E-state index in [1.54, 1.807) is 12.2 Å². The molecule has 0 spiro atoms. The van der Waals surface area contributed by atoms with E-state index in [4.69, 9.17) is 15.9 Å². The van der Waals surface area contributed by atoms with Crippen LogP contribution in [-0.2, 0) is 0 Å². The molecule has 0 saturated heterocycles. The van der Waals surface area contributed by atoms with Crippen molar-refractivity contribution in [2.24, 2.45) is 5.73 Å². The molecule has 0 radical (unpaired) electrons. The van der Waals surface area contributed by atoms with Gasteiger partial charge in [0, 0.05) is 0 Å². The summed E-state index contributed by atoms with van der Waals surface area (Å²) in [6, 6.07) is 9.59. The first-order valence-electron chi connectivity index (χ1n) is 4.45. The number of benzene rings is 1. The molecule has 0 fully saturated rings. The zero-order valence-electron chi connectivity index (χ0n) is 7.93. The second-order valence-electron chi connectivity index (χ2n) is 3.29. The topological polar surface area (TPSA) is 66.5 Å². The summed E-state index contributed by atoms with van der Waals surface area (Å²) in [7, 11) is 0. The molecule has 0 unspecified atom stereocenters. The summed E-state index contributed by atoms with van der Waals surface area (Å²) in [5, 5.41) is 17.9. The van der Waals surface area contributed by atoms with Crippen LogP contribution in [0.3, 0.4) is 0 Å². The molecule has 0 atom stereocenters. The molecule has 0 saturated carbocycles. The van der Waals surface area contributed by atoms with Gasteiger partial charge in [0.1, 0.15) is 0 Å². The molecule has 4 N–H and O–H groups in total. The Bertz CT molecular complexity index is 291. The van der Waals surface area contributed by atoms with Crippen LogP contribution < -0.4 is 5.73 Å². The SMILES string of the molecule is NC(/C=C/c1ccccc1)(CO)CO. The Kier molecular flexibility index (Phi) is 3.83. The number of hydrogen-bond donors (Lipinski definition) is 3. The molecule has 1 aromatic rings.